The van der Waals surface area contributed by atoms with Gasteiger partial charge in [0.1, 0.15) is 5.76 Å². The molecule has 0 amide bonds. The van der Waals surface area contributed by atoms with E-state index in [2.05, 4.69) is 0 Å². The molecule has 0 spiro atoms. The molecule has 0 radical (unpaired) electrons. The van der Waals surface area contributed by atoms with Gasteiger partial charge in [-0.1, -0.05) is 0 Å². The second-order valence-corrected chi connectivity index (χ2v) is 1.48. The molecule has 4 heteroatoms. The van der Waals surface area contributed by atoms with E-state index < -0.39 is 5.97 Å². The lowest BCUT2D eigenvalue weighted by molar-refractivity contribution is -0.131. The van der Waals surface area contributed by atoms with Crippen LogP contribution in [0.4, 0.5) is 0 Å². The number of allylic oxidation sites excluding steroid dienone is 1. The smallest absolute Gasteiger partial charge is 0.328 e. The van der Waals surface area contributed by atoms with Crippen molar-refractivity contribution in [2.75, 3.05) is 6.61 Å². The highest BCUT2D eigenvalue weighted by Crippen LogP contribution is 1.88. The minimum atomic E-state index is -1.14. The van der Waals surface area contributed by atoms with E-state index in [1.165, 1.54) is 0 Å². The summed E-state index contributed by atoms with van der Waals surface area (Å²) in [4.78, 5) is 9.82. The van der Waals surface area contributed by atoms with Crippen LogP contribution in [0.1, 0.15) is 0 Å². The summed E-state index contributed by atoms with van der Waals surface area (Å²) in [5, 5.41) is 24.9. The monoisotopic (exact) mass is 144 g/mol. The van der Waals surface area contributed by atoms with E-state index in [0.717, 1.165) is 18.2 Å². The van der Waals surface area contributed by atoms with Gasteiger partial charge in [0.2, 0.25) is 0 Å². The van der Waals surface area contributed by atoms with E-state index in [0.29, 0.717) is 0 Å². The van der Waals surface area contributed by atoms with Crippen LogP contribution >= 0.6 is 0 Å². The summed E-state index contributed by atoms with van der Waals surface area (Å²) in [6.07, 6.45) is 2.85. The fraction of sp³-hybridized carbons (Fsp3) is 0.167. The van der Waals surface area contributed by atoms with Crippen LogP contribution < -0.4 is 0 Å². The van der Waals surface area contributed by atoms with Gasteiger partial charge in [0, 0.05) is 6.08 Å². The lowest BCUT2D eigenvalue weighted by Gasteiger charge is -1.85. The molecule has 10 heavy (non-hydrogen) atoms. The summed E-state index contributed by atoms with van der Waals surface area (Å²) in [6, 6.07) is 0. The molecular formula is C6H8O4. The molecule has 0 aliphatic rings. The van der Waals surface area contributed by atoms with Gasteiger partial charge in [-0.3, -0.25) is 0 Å². The Labute approximate surface area is 57.7 Å². The average molecular weight is 144 g/mol. The molecule has 4 nitrogen and oxygen atoms in total. The van der Waals surface area contributed by atoms with E-state index in [1.54, 1.807) is 0 Å². The first-order valence-electron chi connectivity index (χ1n) is 2.58. The fourth-order valence-corrected chi connectivity index (χ4v) is 0.318. The van der Waals surface area contributed by atoms with Gasteiger partial charge in [-0.15, -0.1) is 0 Å². The molecule has 0 aromatic carbocycles. The second kappa shape index (κ2) is 4.58. The summed E-state index contributed by atoms with van der Waals surface area (Å²) >= 11 is 0. The number of carboxylic acids is 1. The van der Waals surface area contributed by atoms with E-state index in [1.807, 2.05) is 0 Å². The first kappa shape index (κ1) is 8.71. The van der Waals surface area contributed by atoms with E-state index in [4.69, 9.17) is 15.3 Å². The number of aliphatic hydroxyl groups is 2. The Balaban J connectivity index is 3.89. The zero-order chi connectivity index (χ0) is 7.98. The highest BCUT2D eigenvalue weighted by Gasteiger charge is 1.86. The predicted octanol–water partition coefficient (Wildman–Crippen LogP) is 0.0614. The first-order chi connectivity index (χ1) is 4.66. The van der Waals surface area contributed by atoms with Crippen LogP contribution in [0.2, 0.25) is 0 Å². The number of hydrogen-bond donors (Lipinski definition) is 3. The summed E-state index contributed by atoms with van der Waals surface area (Å²) < 4.78 is 0. The van der Waals surface area contributed by atoms with Gasteiger partial charge in [-0.25, -0.2) is 4.79 Å². The fourth-order valence-electron chi connectivity index (χ4n) is 0.318. The molecule has 0 saturated carbocycles. The molecule has 0 aromatic rings. The van der Waals surface area contributed by atoms with Crippen molar-refractivity contribution in [1.82, 2.24) is 0 Å². The normalized spacial score (nSPS) is 12.3. The molecule has 0 atom stereocenters. The van der Waals surface area contributed by atoms with Crippen LogP contribution in [0.3, 0.4) is 0 Å². The molecule has 0 aliphatic heterocycles. The van der Waals surface area contributed by atoms with Gasteiger partial charge in [0.05, 0.1) is 6.61 Å². The Bertz CT molecular complexity index is 169. The number of rotatable bonds is 3. The molecule has 0 aliphatic carbocycles. The summed E-state index contributed by atoms with van der Waals surface area (Å²) in [5.74, 6) is -1.40. The van der Waals surface area contributed by atoms with Crippen molar-refractivity contribution in [2.45, 2.75) is 0 Å². The lowest BCUT2D eigenvalue weighted by Crippen LogP contribution is -1.87. The number of aliphatic hydroxyl groups excluding tert-OH is 2. The van der Waals surface area contributed by atoms with Crippen LogP contribution in [0, 0.1) is 0 Å². The maximum atomic E-state index is 9.82. The molecule has 3 N–H and O–H groups in total. The van der Waals surface area contributed by atoms with Crippen molar-refractivity contribution in [3.8, 4) is 0 Å². The molecule has 0 aromatic heterocycles. The third-order valence-corrected chi connectivity index (χ3v) is 0.697. The molecule has 0 saturated heterocycles. The molecule has 0 unspecified atom stereocenters. The van der Waals surface area contributed by atoms with Crippen LogP contribution in [0.15, 0.2) is 24.0 Å². The van der Waals surface area contributed by atoms with Crippen molar-refractivity contribution >= 4 is 5.97 Å². The predicted molar refractivity (Wildman–Crippen MR) is 34.6 cm³/mol. The van der Waals surface area contributed by atoms with E-state index in [9.17, 15) is 4.79 Å². The Hall–Kier alpha value is -1.29. The molecule has 0 heterocycles. The van der Waals surface area contributed by atoms with Gasteiger partial charge in [-0.05, 0) is 12.2 Å². The van der Waals surface area contributed by atoms with Crippen molar-refractivity contribution < 1.29 is 20.1 Å². The molecule has 0 bridgehead atoms. The van der Waals surface area contributed by atoms with E-state index in [-0.39, 0.29) is 12.4 Å². The standard InChI is InChI=1S/C6H8O4/c7-4-3-5(8)1-2-6(9)10/h1-3,7-8H,4H2,(H,9,10). The summed E-state index contributed by atoms with van der Waals surface area (Å²) in [5.41, 5.74) is 0. The number of hydrogen-bond acceptors (Lipinski definition) is 3. The quantitative estimate of drug-likeness (QED) is 0.297. The van der Waals surface area contributed by atoms with Crippen LogP contribution in [0.5, 0.6) is 0 Å². The maximum Gasteiger partial charge on any atom is 0.328 e. The maximum absolute atomic E-state index is 9.82. The molecule has 0 fully saturated rings. The van der Waals surface area contributed by atoms with Crippen LogP contribution in [0.25, 0.3) is 0 Å². The number of carboxylic acid groups (broad SMARTS) is 1. The van der Waals surface area contributed by atoms with Gasteiger partial charge < -0.3 is 15.3 Å². The summed E-state index contributed by atoms with van der Waals surface area (Å²) in [7, 11) is 0. The van der Waals surface area contributed by atoms with Gasteiger partial charge >= 0.3 is 5.97 Å². The van der Waals surface area contributed by atoms with Crippen molar-refractivity contribution in [1.29, 1.82) is 0 Å². The van der Waals surface area contributed by atoms with Gasteiger partial charge in [0.25, 0.3) is 0 Å². The van der Waals surface area contributed by atoms with Gasteiger partial charge in [0.15, 0.2) is 0 Å². The SMILES string of the molecule is O=C(O)C=CC(O)=CCO. The van der Waals surface area contributed by atoms with Crippen molar-refractivity contribution in [3.63, 3.8) is 0 Å². The van der Waals surface area contributed by atoms with Crippen LogP contribution in [-0.4, -0.2) is 27.9 Å². The number of aliphatic carboxylic acids is 1. The van der Waals surface area contributed by atoms with Crippen molar-refractivity contribution in [2.24, 2.45) is 0 Å². The Morgan fingerprint density at radius 2 is 1.90 bits per heavy atom. The highest BCUT2D eigenvalue weighted by molar-refractivity contribution is 5.80. The zero-order valence-corrected chi connectivity index (χ0v) is 5.19. The molecule has 0 rings (SSSR count). The topological polar surface area (TPSA) is 77.8 Å². The zero-order valence-electron chi connectivity index (χ0n) is 5.19. The van der Waals surface area contributed by atoms with E-state index >= 15 is 0 Å². The highest BCUT2D eigenvalue weighted by atomic mass is 16.4. The third-order valence-electron chi connectivity index (χ3n) is 0.697. The Morgan fingerprint density at radius 3 is 2.30 bits per heavy atom. The average Bonchev–Trinajstić information content (AvgIpc) is 1.85. The number of carbonyl (C=O) groups is 1. The van der Waals surface area contributed by atoms with Crippen molar-refractivity contribution in [3.05, 3.63) is 24.0 Å². The Morgan fingerprint density at radius 1 is 1.30 bits per heavy atom. The first-order valence-corrected chi connectivity index (χ1v) is 2.58. The minimum absolute atomic E-state index is 0.259. The summed E-state index contributed by atoms with van der Waals surface area (Å²) in [6.45, 7) is -0.310. The lowest BCUT2D eigenvalue weighted by atomic mass is 10.4. The van der Waals surface area contributed by atoms with Gasteiger partial charge in [-0.2, -0.15) is 0 Å². The molecular weight excluding hydrogens is 136 g/mol. The minimum Gasteiger partial charge on any atom is -0.508 e. The second-order valence-electron chi connectivity index (χ2n) is 1.48. The largest absolute Gasteiger partial charge is 0.508 e. The Kier molecular flexibility index (Phi) is 3.99. The molecule has 56 valence electrons. The van der Waals surface area contributed by atoms with Crippen LogP contribution in [-0.2, 0) is 4.79 Å². The third kappa shape index (κ3) is 4.86.